The third-order valence-corrected chi connectivity index (χ3v) is 2.88. The van der Waals surface area contributed by atoms with Crippen LogP contribution in [0.5, 0.6) is 0 Å². The Kier molecular flexibility index (Phi) is 5.14. The molecule has 2 amide bonds. The van der Waals surface area contributed by atoms with Gasteiger partial charge < -0.3 is 16.0 Å². The van der Waals surface area contributed by atoms with Gasteiger partial charge in [0.25, 0.3) is 0 Å². The second-order valence-electron chi connectivity index (χ2n) is 5.97. The molecule has 3 N–H and O–H groups in total. The van der Waals surface area contributed by atoms with Gasteiger partial charge in [0, 0.05) is 5.54 Å². The predicted octanol–water partition coefficient (Wildman–Crippen LogP) is 0.548. The molecule has 18 heavy (non-hydrogen) atoms. The normalized spacial score (nSPS) is 22.1. The molecule has 1 fully saturated rings. The van der Waals surface area contributed by atoms with Gasteiger partial charge in [-0.15, -0.1) is 0 Å². The fraction of sp³-hybridized carbons (Fsp3) is 0.846. The van der Waals surface area contributed by atoms with E-state index in [1.807, 2.05) is 20.8 Å². The van der Waals surface area contributed by atoms with Crippen molar-refractivity contribution in [2.24, 2.45) is 0 Å². The standard InChI is InChI=1S/C13H25N3O2/c1-9(11(17)16-13(2,3)4)15-12(18)10-7-5-6-8-14-10/h9-10,14H,5-8H2,1-4H3,(H,15,18)(H,16,17). The second kappa shape index (κ2) is 6.18. The highest BCUT2D eigenvalue weighted by molar-refractivity contribution is 5.89. The number of carbonyl (C=O) groups excluding carboxylic acids is 2. The van der Waals surface area contributed by atoms with Crippen LogP contribution in [0.25, 0.3) is 0 Å². The molecule has 1 aliphatic heterocycles. The van der Waals surface area contributed by atoms with E-state index in [9.17, 15) is 9.59 Å². The van der Waals surface area contributed by atoms with Crippen molar-refractivity contribution in [1.82, 2.24) is 16.0 Å². The van der Waals surface area contributed by atoms with Crippen LogP contribution in [0.1, 0.15) is 47.0 Å². The summed E-state index contributed by atoms with van der Waals surface area (Å²) in [6.07, 6.45) is 3.02. The van der Waals surface area contributed by atoms with Crippen LogP contribution in [0.3, 0.4) is 0 Å². The number of piperidine rings is 1. The van der Waals surface area contributed by atoms with Gasteiger partial charge in [-0.25, -0.2) is 0 Å². The first kappa shape index (κ1) is 15.0. The number of carbonyl (C=O) groups is 2. The van der Waals surface area contributed by atoms with Gasteiger partial charge in [0.2, 0.25) is 11.8 Å². The molecular weight excluding hydrogens is 230 g/mol. The van der Waals surface area contributed by atoms with E-state index in [4.69, 9.17) is 0 Å². The Hall–Kier alpha value is -1.10. The van der Waals surface area contributed by atoms with Gasteiger partial charge in [-0.3, -0.25) is 9.59 Å². The van der Waals surface area contributed by atoms with Crippen molar-refractivity contribution in [3.05, 3.63) is 0 Å². The summed E-state index contributed by atoms with van der Waals surface area (Å²) < 4.78 is 0. The lowest BCUT2D eigenvalue weighted by atomic mass is 10.0. The fourth-order valence-corrected chi connectivity index (χ4v) is 1.93. The van der Waals surface area contributed by atoms with Crippen molar-refractivity contribution >= 4 is 11.8 Å². The maximum absolute atomic E-state index is 11.9. The monoisotopic (exact) mass is 255 g/mol. The highest BCUT2D eigenvalue weighted by atomic mass is 16.2. The summed E-state index contributed by atoms with van der Waals surface area (Å²) in [5.41, 5.74) is -0.279. The summed E-state index contributed by atoms with van der Waals surface area (Å²) >= 11 is 0. The van der Waals surface area contributed by atoms with Crippen LogP contribution in [0.2, 0.25) is 0 Å². The minimum Gasteiger partial charge on any atom is -0.350 e. The molecule has 0 aromatic carbocycles. The maximum Gasteiger partial charge on any atom is 0.242 e. The zero-order chi connectivity index (χ0) is 13.8. The largest absolute Gasteiger partial charge is 0.350 e. The first-order chi connectivity index (χ1) is 8.29. The number of nitrogens with one attached hydrogen (secondary N) is 3. The number of hydrogen-bond donors (Lipinski definition) is 3. The number of rotatable bonds is 3. The molecule has 0 aromatic rings. The van der Waals surface area contributed by atoms with Crippen LogP contribution in [0.4, 0.5) is 0 Å². The smallest absolute Gasteiger partial charge is 0.242 e. The van der Waals surface area contributed by atoms with Crippen molar-refractivity contribution < 1.29 is 9.59 Å². The Bertz CT molecular complexity index is 304. The van der Waals surface area contributed by atoms with E-state index in [1.54, 1.807) is 6.92 Å². The first-order valence-electron chi connectivity index (χ1n) is 6.65. The van der Waals surface area contributed by atoms with E-state index >= 15 is 0 Å². The zero-order valence-electron chi connectivity index (χ0n) is 11.8. The average Bonchev–Trinajstić information content (AvgIpc) is 2.27. The van der Waals surface area contributed by atoms with Crippen molar-refractivity contribution in [3.8, 4) is 0 Å². The summed E-state index contributed by atoms with van der Waals surface area (Å²) in [5.74, 6) is -0.224. The molecule has 1 heterocycles. The fourth-order valence-electron chi connectivity index (χ4n) is 1.93. The van der Waals surface area contributed by atoms with Gasteiger partial charge in [-0.05, 0) is 47.1 Å². The Morgan fingerprint density at radius 2 is 1.94 bits per heavy atom. The van der Waals surface area contributed by atoms with E-state index in [0.29, 0.717) is 0 Å². The second-order valence-corrected chi connectivity index (χ2v) is 5.97. The summed E-state index contributed by atoms with van der Waals surface area (Å²) in [6, 6.07) is -0.649. The predicted molar refractivity (Wildman–Crippen MR) is 71.1 cm³/mol. The molecule has 0 aromatic heterocycles. The minimum atomic E-state index is -0.500. The Labute approximate surface area is 109 Å². The molecule has 5 nitrogen and oxygen atoms in total. The lowest BCUT2D eigenvalue weighted by Crippen LogP contribution is -2.55. The summed E-state index contributed by atoms with van der Waals surface area (Å²) in [7, 11) is 0. The lowest BCUT2D eigenvalue weighted by molar-refractivity contribution is -0.130. The van der Waals surface area contributed by atoms with Gasteiger partial charge in [0.05, 0.1) is 6.04 Å². The quantitative estimate of drug-likeness (QED) is 0.689. The van der Waals surface area contributed by atoms with Gasteiger partial charge in [0.15, 0.2) is 0 Å². The molecule has 104 valence electrons. The van der Waals surface area contributed by atoms with E-state index in [-0.39, 0.29) is 23.4 Å². The van der Waals surface area contributed by atoms with Gasteiger partial charge in [-0.1, -0.05) is 6.42 Å². The molecule has 1 saturated heterocycles. The van der Waals surface area contributed by atoms with E-state index in [2.05, 4.69) is 16.0 Å². The van der Waals surface area contributed by atoms with Crippen LogP contribution in [0, 0.1) is 0 Å². The Morgan fingerprint density at radius 3 is 2.44 bits per heavy atom. The highest BCUT2D eigenvalue weighted by Gasteiger charge is 2.25. The number of hydrogen-bond acceptors (Lipinski definition) is 3. The summed E-state index contributed by atoms with van der Waals surface area (Å²) in [5, 5.41) is 8.78. The summed E-state index contributed by atoms with van der Waals surface area (Å²) in [4.78, 5) is 23.8. The van der Waals surface area contributed by atoms with Crippen LogP contribution < -0.4 is 16.0 Å². The molecular formula is C13H25N3O2. The molecule has 1 rings (SSSR count). The Morgan fingerprint density at radius 1 is 1.28 bits per heavy atom. The third kappa shape index (κ3) is 5.04. The van der Waals surface area contributed by atoms with Gasteiger partial charge in [0.1, 0.15) is 6.04 Å². The molecule has 0 aliphatic carbocycles. The SMILES string of the molecule is CC(NC(=O)C1CCCCN1)C(=O)NC(C)(C)C. The first-order valence-corrected chi connectivity index (χ1v) is 6.65. The number of amides is 2. The molecule has 0 spiro atoms. The molecule has 0 saturated carbocycles. The van der Waals surface area contributed by atoms with Crippen molar-refractivity contribution in [2.75, 3.05) is 6.54 Å². The van der Waals surface area contributed by atoms with Crippen LogP contribution in [-0.4, -0.2) is 36.0 Å². The topological polar surface area (TPSA) is 70.2 Å². The van der Waals surface area contributed by atoms with Gasteiger partial charge >= 0.3 is 0 Å². The summed E-state index contributed by atoms with van der Waals surface area (Å²) in [6.45, 7) is 8.34. The molecule has 1 aliphatic rings. The minimum absolute atomic E-state index is 0.0775. The van der Waals surface area contributed by atoms with Crippen LogP contribution in [-0.2, 0) is 9.59 Å². The average molecular weight is 255 g/mol. The Balaban J connectivity index is 2.41. The molecule has 0 bridgehead atoms. The zero-order valence-corrected chi connectivity index (χ0v) is 11.8. The molecule has 2 unspecified atom stereocenters. The molecule has 5 heteroatoms. The third-order valence-electron chi connectivity index (χ3n) is 2.88. The van der Waals surface area contributed by atoms with Crippen molar-refractivity contribution in [3.63, 3.8) is 0 Å². The van der Waals surface area contributed by atoms with Crippen molar-refractivity contribution in [2.45, 2.75) is 64.6 Å². The highest BCUT2D eigenvalue weighted by Crippen LogP contribution is 2.07. The van der Waals surface area contributed by atoms with Crippen LogP contribution in [0.15, 0.2) is 0 Å². The maximum atomic E-state index is 11.9. The van der Waals surface area contributed by atoms with E-state index in [0.717, 1.165) is 25.8 Å². The van der Waals surface area contributed by atoms with Gasteiger partial charge in [-0.2, -0.15) is 0 Å². The van der Waals surface area contributed by atoms with E-state index < -0.39 is 6.04 Å². The van der Waals surface area contributed by atoms with Crippen molar-refractivity contribution in [1.29, 1.82) is 0 Å². The van der Waals surface area contributed by atoms with Crippen LogP contribution >= 0.6 is 0 Å². The van der Waals surface area contributed by atoms with E-state index in [1.165, 1.54) is 0 Å². The molecule has 0 radical (unpaired) electrons. The lowest BCUT2D eigenvalue weighted by Gasteiger charge is -2.26. The molecule has 2 atom stereocenters.